The second-order valence-electron chi connectivity index (χ2n) is 6.62. The van der Waals surface area contributed by atoms with Gasteiger partial charge in [0.25, 0.3) is 15.9 Å². The summed E-state index contributed by atoms with van der Waals surface area (Å²) in [4.78, 5) is 13.1. The SMILES string of the molecule is COc1cc(NC(=O)c2cc(Cl)ccc2NS(=O)(=O)c2ccc(Cl)cc2)cc(OC)c1OC. The third-order valence-corrected chi connectivity index (χ3v) is 6.39. The molecular weight excluding hydrogens is 491 g/mol. The number of ether oxygens (including phenoxy) is 3. The van der Waals surface area contributed by atoms with E-state index in [9.17, 15) is 13.2 Å². The Kier molecular flexibility index (Phi) is 7.57. The number of anilines is 2. The second-order valence-corrected chi connectivity index (χ2v) is 9.17. The van der Waals surface area contributed by atoms with Gasteiger partial charge in [0, 0.05) is 27.9 Å². The van der Waals surface area contributed by atoms with Crippen LogP contribution >= 0.6 is 23.2 Å². The van der Waals surface area contributed by atoms with Gasteiger partial charge in [-0.1, -0.05) is 23.2 Å². The Morgan fingerprint density at radius 2 is 1.39 bits per heavy atom. The molecule has 0 aliphatic heterocycles. The molecule has 3 rings (SSSR count). The first-order valence-electron chi connectivity index (χ1n) is 9.37. The van der Waals surface area contributed by atoms with Crippen molar-refractivity contribution in [1.82, 2.24) is 0 Å². The Balaban J connectivity index is 1.95. The van der Waals surface area contributed by atoms with Crippen molar-refractivity contribution in [3.63, 3.8) is 0 Å². The molecule has 0 heterocycles. The molecule has 1 amide bonds. The average Bonchev–Trinajstić information content (AvgIpc) is 2.79. The van der Waals surface area contributed by atoms with Crippen LogP contribution in [0.25, 0.3) is 0 Å². The van der Waals surface area contributed by atoms with E-state index >= 15 is 0 Å². The van der Waals surface area contributed by atoms with Crippen molar-refractivity contribution in [2.75, 3.05) is 31.4 Å². The summed E-state index contributed by atoms with van der Waals surface area (Å²) in [5.41, 5.74) is 0.383. The van der Waals surface area contributed by atoms with Crippen LogP contribution in [0.3, 0.4) is 0 Å². The largest absolute Gasteiger partial charge is 0.493 e. The predicted molar refractivity (Wildman–Crippen MR) is 128 cm³/mol. The minimum absolute atomic E-state index is 0.00814. The first kappa shape index (κ1) is 24.5. The highest BCUT2D eigenvalue weighted by Gasteiger charge is 2.21. The zero-order valence-corrected chi connectivity index (χ0v) is 20.1. The molecule has 0 radical (unpaired) electrons. The number of carbonyl (C=O) groups excluding carboxylic acids is 1. The van der Waals surface area contributed by atoms with Gasteiger partial charge in [0.15, 0.2) is 11.5 Å². The van der Waals surface area contributed by atoms with Crippen LogP contribution in [-0.4, -0.2) is 35.7 Å². The van der Waals surface area contributed by atoms with E-state index in [1.807, 2.05) is 0 Å². The van der Waals surface area contributed by atoms with Crippen LogP contribution in [0.5, 0.6) is 17.2 Å². The quantitative estimate of drug-likeness (QED) is 0.438. The summed E-state index contributed by atoms with van der Waals surface area (Å²) in [5.74, 6) is 0.418. The van der Waals surface area contributed by atoms with Gasteiger partial charge in [-0.2, -0.15) is 0 Å². The molecule has 0 aliphatic rings. The molecular formula is C22H20Cl2N2O6S. The first-order chi connectivity index (χ1) is 15.7. The molecule has 0 atom stereocenters. The number of methoxy groups -OCH3 is 3. The van der Waals surface area contributed by atoms with E-state index < -0.39 is 15.9 Å². The minimum Gasteiger partial charge on any atom is -0.493 e. The van der Waals surface area contributed by atoms with E-state index in [2.05, 4.69) is 10.0 Å². The Morgan fingerprint density at radius 3 is 1.94 bits per heavy atom. The highest BCUT2D eigenvalue weighted by Crippen LogP contribution is 2.40. The molecule has 0 bridgehead atoms. The maximum Gasteiger partial charge on any atom is 0.261 e. The zero-order chi connectivity index (χ0) is 24.2. The standard InChI is InChI=1S/C22H20Cl2N2O6S/c1-30-19-11-15(12-20(31-2)21(19)32-3)25-22(27)17-10-14(24)6-9-18(17)26-33(28,29)16-7-4-13(23)5-8-16/h4-12,26H,1-3H3,(H,25,27). The highest BCUT2D eigenvalue weighted by molar-refractivity contribution is 7.92. The summed E-state index contributed by atoms with van der Waals surface area (Å²) in [6, 6.07) is 12.9. The van der Waals surface area contributed by atoms with Crippen LogP contribution in [0.2, 0.25) is 10.0 Å². The van der Waals surface area contributed by atoms with E-state index in [0.717, 1.165) is 0 Å². The monoisotopic (exact) mass is 510 g/mol. The van der Waals surface area contributed by atoms with Gasteiger partial charge in [-0.05, 0) is 42.5 Å². The van der Waals surface area contributed by atoms with Crippen molar-refractivity contribution in [3.05, 3.63) is 70.2 Å². The summed E-state index contributed by atoms with van der Waals surface area (Å²) in [7, 11) is 0.367. The second kappa shape index (κ2) is 10.2. The van der Waals surface area contributed by atoms with Crippen LogP contribution in [0.15, 0.2) is 59.5 Å². The summed E-state index contributed by atoms with van der Waals surface area (Å²) in [6.45, 7) is 0. The summed E-state index contributed by atoms with van der Waals surface area (Å²) >= 11 is 11.9. The van der Waals surface area contributed by atoms with Gasteiger partial charge >= 0.3 is 0 Å². The minimum atomic E-state index is -3.99. The third-order valence-electron chi connectivity index (χ3n) is 4.52. The number of halogens is 2. The van der Waals surface area contributed by atoms with Crippen molar-refractivity contribution < 1.29 is 27.4 Å². The molecule has 33 heavy (non-hydrogen) atoms. The van der Waals surface area contributed by atoms with Crippen molar-refractivity contribution in [2.45, 2.75) is 4.90 Å². The number of hydrogen-bond acceptors (Lipinski definition) is 6. The fourth-order valence-electron chi connectivity index (χ4n) is 2.96. The zero-order valence-electron chi connectivity index (χ0n) is 17.8. The molecule has 0 saturated carbocycles. The smallest absolute Gasteiger partial charge is 0.261 e. The van der Waals surface area contributed by atoms with Gasteiger partial charge in [0.1, 0.15) is 0 Å². The molecule has 0 saturated heterocycles. The van der Waals surface area contributed by atoms with Crippen molar-refractivity contribution in [1.29, 1.82) is 0 Å². The van der Waals surface area contributed by atoms with Gasteiger partial charge in [0.2, 0.25) is 5.75 Å². The number of nitrogens with one attached hydrogen (secondary N) is 2. The van der Waals surface area contributed by atoms with Gasteiger partial charge < -0.3 is 19.5 Å². The number of benzene rings is 3. The van der Waals surface area contributed by atoms with Gasteiger partial charge in [-0.3, -0.25) is 9.52 Å². The van der Waals surface area contributed by atoms with Crippen molar-refractivity contribution in [3.8, 4) is 17.2 Å². The number of carbonyl (C=O) groups is 1. The molecule has 0 aliphatic carbocycles. The fraction of sp³-hybridized carbons (Fsp3) is 0.136. The Hall–Kier alpha value is -3.14. The van der Waals surface area contributed by atoms with Crippen molar-refractivity contribution >= 4 is 50.5 Å². The van der Waals surface area contributed by atoms with Gasteiger partial charge in [-0.15, -0.1) is 0 Å². The molecule has 2 N–H and O–H groups in total. The van der Waals surface area contributed by atoms with E-state index in [0.29, 0.717) is 28.0 Å². The van der Waals surface area contributed by atoms with Crippen LogP contribution in [-0.2, 0) is 10.0 Å². The lowest BCUT2D eigenvalue weighted by atomic mass is 10.1. The fourth-order valence-corrected chi connectivity index (χ4v) is 4.34. The maximum absolute atomic E-state index is 13.1. The summed E-state index contributed by atoms with van der Waals surface area (Å²) in [5, 5.41) is 3.34. The normalized spacial score (nSPS) is 10.9. The summed E-state index contributed by atoms with van der Waals surface area (Å²) < 4.78 is 43.9. The predicted octanol–water partition coefficient (Wildman–Crippen LogP) is 5.07. The lowest BCUT2D eigenvalue weighted by Gasteiger charge is -2.16. The van der Waals surface area contributed by atoms with Crippen LogP contribution < -0.4 is 24.2 Å². The first-order valence-corrected chi connectivity index (χ1v) is 11.6. The van der Waals surface area contributed by atoms with Crippen LogP contribution in [0, 0.1) is 0 Å². The maximum atomic E-state index is 13.1. The van der Waals surface area contributed by atoms with E-state index in [1.54, 1.807) is 12.1 Å². The van der Waals surface area contributed by atoms with E-state index in [1.165, 1.54) is 63.8 Å². The Bertz CT molecular complexity index is 1260. The molecule has 0 spiro atoms. The number of rotatable bonds is 8. The van der Waals surface area contributed by atoms with Crippen molar-refractivity contribution in [2.24, 2.45) is 0 Å². The van der Waals surface area contributed by atoms with E-state index in [4.69, 9.17) is 37.4 Å². The van der Waals surface area contributed by atoms with Crippen LogP contribution in [0.4, 0.5) is 11.4 Å². The molecule has 0 fully saturated rings. The lowest BCUT2D eigenvalue weighted by Crippen LogP contribution is -2.19. The lowest BCUT2D eigenvalue weighted by molar-refractivity contribution is 0.102. The molecule has 3 aromatic carbocycles. The van der Waals surface area contributed by atoms with Gasteiger partial charge in [-0.25, -0.2) is 8.42 Å². The molecule has 174 valence electrons. The van der Waals surface area contributed by atoms with E-state index in [-0.39, 0.29) is 21.2 Å². The highest BCUT2D eigenvalue weighted by atomic mass is 35.5. The molecule has 8 nitrogen and oxygen atoms in total. The molecule has 11 heteroatoms. The number of sulfonamides is 1. The molecule has 0 aromatic heterocycles. The number of hydrogen-bond donors (Lipinski definition) is 2. The third kappa shape index (κ3) is 5.62. The molecule has 0 unspecified atom stereocenters. The summed E-state index contributed by atoms with van der Waals surface area (Å²) in [6.07, 6.45) is 0. The Morgan fingerprint density at radius 1 is 0.818 bits per heavy atom. The molecule has 3 aromatic rings. The average molecular weight is 511 g/mol. The van der Waals surface area contributed by atoms with Crippen LogP contribution in [0.1, 0.15) is 10.4 Å². The Labute approximate surface area is 201 Å². The number of amides is 1. The topological polar surface area (TPSA) is 103 Å². The van der Waals surface area contributed by atoms with Gasteiger partial charge in [0.05, 0.1) is 37.5 Å².